The molecule has 0 saturated heterocycles. The number of carbonyl (C=O) groups excluding carboxylic acids is 2. The van der Waals surface area contributed by atoms with Gasteiger partial charge < -0.3 is 15.0 Å². The minimum atomic E-state index is -2.86. The van der Waals surface area contributed by atoms with Gasteiger partial charge in [-0.3, -0.25) is 14.5 Å². The van der Waals surface area contributed by atoms with Gasteiger partial charge in [0.25, 0.3) is 0 Å². The number of benzene rings is 2. The average Bonchev–Trinajstić information content (AvgIpc) is 2.64. The predicted octanol–water partition coefficient (Wildman–Crippen LogP) is 3.13. The molecule has 6 nitrogen and oxygen atoms in total. The van der Waals surface area contributed by atoms with Crippen LogP contribution in [0.4, 0.5) is 14.5 Å². The Morgan fingerprint density at radius 3 is 2.21 bits per heavy atom. The molecule has 29 heavy (non-hydrogen) atoms. The van der Waals surface area contributed by atoms with Gasteiger partial charge in [-0.15, -0.1) is 0 Å². The van der Waals surface area contributed by atoms with Gasteiger partial charge in [-0.2, -0.15) is 8.78 Å². The number of nitrogens with zero attached hydrogens (tertiary/aromatic N) is 2. The lowest BCUT2D eigenvalue weighted by Gasteiger charge is -2.21. The molecule has 0 aliphatic rings. The van der Waals surface area contributed by atoms with Crippen LogP contribution in [0.3, 0.4) is 0 Å². The van der Waals surface area contributed by atoms with Gasteiger partial charge in [0.2, 0.25) is 11.8 Å². The minimum Gasteiger partial charge on any atom is -0.435 e. The van der Waals surface area contributed by atoms with E-state index >= 15 is 0 Å². The molecule has 0 unspecified atom stereocenters. The molecule has 156 valence electrons. The van der Waals surface area contributed by atoms with Crippen LogP contribution in [0.25, 0.3) is 0 Å². The Balaban J connectivity index is 1.78. The highest BCUT2D eigenvalue weighted by molar-refractivity contribution is 5.94. The van der Waals surface area contributed by atoms with Crippen molar-refractivity contribution >= 4 is 17.5 Å². The first kappa shape index (κ1) is 22.3. The van der Waals surface area contributed by atoms with Gasteiger partial charge in [0.05, 0.1) is 13.1 Å². The summed E-state index contributed by atoms with van der Waals surface area (Å²) in [5, 5.41) is 2.76. The number of aryl methyl sites for hydroxylation is 1. The van der Waals surface area contributed by atoms with Crippen molar-refractivity contribution in [3.63, 3.8) is 0 Å². The van der Waals surface area contributed by atoms with Crippen LogP contribution in [0.1, 0.15) is 11.1 Å². The molecular weight excluding hydrogens is 380 g/mol. The number of alkyl halides is 2. The number of anilines is 1. The van der Waals surface area contributed by atoms with E-state index in [1.807, 2.05) is 19.1 Å². The van der Waals surface area contributed by atoms with Crippen LogP contribution in [0.5, 0.6) is 5.75 Å². The number of hydrogen-bond acceptors (Lipinski definition) is 4. The lowest BCUT2D eigenvalue weighted by atomic mass is 10.2. The molecular formula is C21H25F2N3O3. The van der Waals surface area contributed by atoms with E-state index in [0.29, 0.717) is 12.2 Å². The Hall–Kier alpha value is -3.00. The fraction of sp³-hybridized carbons (Fsp3) is 0.333. The third kappa shape index (κ3) is 7.87. The van der Waals surface area contributed by atoms with Crippen LogP contribution in [0.15, 0.2) is 48.5 Å². The summed E-state index contributed by atoms with van der Waals surface area (Å²) in [5.74, 6) is -0.395. The first-order valence-corrected chi connectivity index (χ1v) is 9.05. The largest absolute Gasteiger partial charge is 0.435 e. The quantitative estimate of drug-likeness (QED) is 0.696. The normalized spacial score (nSPS) is 10.9. The Morgan fingerprint density at radius 1 is 1.00 bits per heavy atom. The number of halogens is 2. The van der Waals surface area contributed by atoms with Crippen LogP contribution in [0.2, 0.25) is 0 Å². The first-order valence-electron chi connectivity index (χ1n) is 9.05. The molecule has 2 amide bonds. The molecule has 8 heteroatoms. The number of ether oxygens (including phenoxy) is 1. The van der Waals surface area contributed by atoms with E-state index in [9.17, 15) is 18.4 Å². The highest BCUT2D eigenvalue weighted by atomic mass is 19.3. The van der Waals surface area contributed by atoms with Crippen molar-refractivity contribution in [2.24, 2.45) is 0 Å². The van der Waals surface area contributed by atoms with Gasteiger partial charge in [-0.05, 0) is 43.8 Å². The lowest BCUT2D eigenvalue weighted by molar-refractivity contribution is -0.134. The summed E-state index contributed by atoms with van der Waals surface area (Å²) in [4.78, 5) is 27.6. The van der Waals surface area contributed by atoms with E-state index in [1.54, 1.807) is 43.3 Å². The lowest BCUT2D eigenvalue weighted by Crippen LogP contribution is -2.40. The molecule has 0 radical (unpaired) electrons. The van der Waals surface area contributed by atoms with Crippen molar-refractivity contribution < 1.29 is 23.1 Å². The Bertz CT molecular complexity index is 811. The third-order valence-electron chi connectivity index (χ3n) is 4.15. The molecule has 2 aromatic rings. The minimum absolute atomic E-state index is 0.0553. The SMILES string of the molecule is Cc1ccc(NC(=O)CN(C)C(=O)CN(C)Cc2ccc(OC(F)F)cc2)cc1. The maximum absolute atomic E-state index is 12.4. The van der Waals surface area contributed by atoms with Crippen LogP contribution in [0, 0.1) is 6.92 Å². The van der Waals surface area contributed by atoms with Gasteiger partial charge in [-0.25, -0.2) is 0 Å². The summed E-state index contributed by atoms with van der Waals surface area (Å²) in [7, 11) is 3.34. The highest BCUT2D eigenvalue weighted by Crippen LogP contribution is 2.15. The summed E-state index contributed by atoms with van der Waals surface area (Å²) in [6, 6.07) is 13.6. The molecule has 2 aromatic carbocycles. The van der Waals surface area contributed by atoms with Crippen molar-refractivity contribution in [3.05, 3.63) is 59.7 Å². The molecule has 1 N–H and O–H groups in total. The predicted molar refractivity (Wildman–Crippen MR) is 107 cm³/mol. The van der Waals surface area contributed by atoms with Crippen LogP contribution >= 0.6 is 0 Å². The van der Waals surface area contributed by atoms with Gasteiger partial charge in [0.1, 0.15) is 5.75 Å². The van der Waals surface area contributed by atoms with Crippen molar-refractivity contribution in [2.75, 3.05) is 32.5 Å². The monoisotopic (exact) mass is 405 g/mol. The van der Waals surface area contributed by atoms with E-state index in [-0.39, 0.29) is 30.7 Å². The van der Waals surface area contributed by atoms with E-state index in [4.69, 9.17) is 0 Å². The molecule has 0 aromatic heterocycles. The first-order chi connectivity index (χ1) is 13.7. The van der Waals surface area contributed by atoms with E-state index < -0.39 is 6.61 Å². The summed E-state index contributed by atoms with van der Waals surface area (Å²) in [6.07, 6.45) is 0. The van der Waals surface area contributed by atoms with E-state index in [2.05, 4.69) is 10.1 Å². The smallest absolute Gasteiger partial charge is 0.387 e. The molecule has 0 atom stereocenters. The van der Waals surface area contributed by atoms with Gasteiger partial charge in [0.15, 0.2) is 0 Å². The molecule has 0 heterocycles. The zero-order chi connectivity index (χ0) is 21.4. The van der Waals surface area contributed by atoms with Gasteiger partial charge >= 0.3 is 6.61 Å². The molecule has 0 aliphatic carbocycles. The van der Waals surface area contributed by atoms with Crippen LogP contribution in [-0.2, 0) is 16.1 Å². The molecule has 0 aliphatic heterocycles. The fourth-order valence-electron chi connectivity index (χ4n) is 2.64. The summed E-state index contributed by atoms with van der Waals surface area (Å²) in [5.41, 5.74) is 2.62. The maximum Gasteiger partial charge on any atom is 0.387 e. The number of hydrogen-bond donors (Lipinski definition) is 1. The molecule has 0 fully saturated rings. The van der Waals surface area contributed by atoms with E-state index in [1.165, 1.54) is 17.0 Å². The Kier molecular flexibility index (Phi) is 8.09. The molecule has 0 bridgehead atoms. The number of amides is 2. The number of rotatable bonds is 9. The summed E-state index contributed by atoms with van der Waals surface area (Å²) >= 11 is 0. The Morgan fingerprint density at radius 2 is 1.62 bits per heavy atom. The molecule has 0 spiro atoms. The second-order valence-electron chi connectivity index (χ2n) is 6.86. The van der Waals surface area contributed by atoms with Crippen LogP contribution in [-0.4, -0.2) is 55.4 Å². The fourth-order valence-corrected chi connectivity index (χ4v) is 2.64. The van der Waals surface area contributed by atoms with Gasteiger partial charge in [-0.1, -0.05) is 29.8 Å². The summed E-state index contributed by atoms with van der Waals surface area (Å²) < 4.78 is 28.7. The Labute approximate surface area is 169 Å². The van der Waals surface area contributed by atoms with E-state index in [0.717, 1.165) is 11.1 Å². The molecule has 2 rings (SSSR count). The molecule has 0 saturated carbocycles. The van der Waals surface area contributed by atoms with Gasteiger partial charge in [0, 0.05) is 19.3 Å². The second-order valence-corrected chi connectivity index (χ2v) is 6.86. The number of nitrogens with one attached hydrogen (secondary N) is 1. The van der Waals surface area contributed by atoms with Crippen molar-refractivity contribution in [3.8, 4) is 5.75 Å². The second kappa shape index (κ2) is 10.5. The number of likely N-dealkylation sites (N-methyl/N-ethyl adjacent to an activating group) is 2. The van der Waals surface area contributed by atoms with Crippen molar-refractivity contribution in [2.45, 2.75) is 20.1 Å². The third-order valence-corrected chi connectivity index (χ3v) is 4.15. The average molecular weight is 405 g/mol. The zero-order valence-corrected chi connectivity index (χ0v) is 16.7. The van der Waals surface area contributed by atoms with Crippen molar-refractivity contribution in [1.29, 1.82) is 0 Å². The highest BCUT2D eigenvalue weighted by Gasteiger charge is 2.15. The topological polar surface area (TPSA) is 61.9 Å². The zero-order valence-electron chi connectivity index (χ0n) is 16.7. The number of carbonyl (C=O) groups is 2. The van der Waals surface area contributed by atoms with Crippen LogP contribution < -0.4 is 10.1 Å². The standard InChI is InChI=1S/C21H25F2N3O3/c1-15-4-8-17(9-5-15)24-19(27)13-26(3)20(28)14-25(2)12-16-6-10-18(11-7-16)29-21(22)23/h4-11,21H,12-14H2,1-3H3,(H,24,27). The summed E-state index contributed by atoms with van der Waals surface area (Å²) in [6.45, 7) is -0.395. The van der Waals surface area contributed by atoms with Crippen molar-refractivity contribution in [1.82, 2.24) is 9.80 Å². The maximum atomic E-state index is 12.4.